The molecule has 0 aromatic rings. The first-order valence-corrected chi connectivity index (χ1v) is 3.75. The van der Waals surface area contributed by atoms with Crippen LogP contribution in [0, 0.1) is 0 Å². The van der Waals surface area contributed by atoms with E-state index in [1.165, 1.54) is 0 Å². The molecule has 0 fully saturated rings. The molecular formula is C9H14O3. The van der Waals surface area contributed by atoms with Crippen LogP contribution < -0.4 is 0 Å². The van der Waals surface area contributed by atoms with Crippen LogP contribution in [0.5, 0.6) is 0 Å². The predicted octanol–water partition coefficient (Wildman–Crippen LogP) is 1.66. The molecule has 12 heavy (non-hydrogen) atoms. The van der Waals surface area contributed by atoms with Gasteiger partial charge in [-0.1, -0.05) is 19.6 Å². The highest BCUT2D eigenvalue weighted by Gasteiger charge is 2.04. The summed E-state index contributed by atoms with van der Waals surface area (Å²) in [5.41, 5.74) is 0.456. The molecule has 0 amide bonds. The summed E-state index contributed by atoms with van der Waals surface area (Å²) in [4.78, 5) is 10.9. The maximum atomic E-state index is 10.9. The van der Waals surface area contributed by atoms with Crippen LogP contribution in [-0.4, -0.2) is 19.4 Å². The minimum absolute atomic E-state index is 0.0378. The molecule has 0 aromatic carbocycles. The molecule has 0 rings (SSSR count). The van der Waals surface area contributed by atoms with Gasteiger partial charge in [0, 0.05) is 5.57 Å². The van der Waals surface area contributed by atoms with Crippen molar-refractivity contribution in [3.05, 3.63) is 24.8 Å². The zero-order valence-electron chi connectivity index (χ0n) is 7.34. The Labute approximate surface area is 72.7 Å². The van der Waals surface area contributed by atoms with E-state index in [1.807, 2.05) is 6.92 Å². The van der Waals surface area contributed by atoms with E-state index in [9.17, 15) is 4.79 Å². The molecule has 0 aliphatic rings. The van der Waals surface area contributed by atoms with Crippen LogP contribution in [-0.2, 0) is 14.3 Å². The fourth-order valence-electron chi connectivity index (χ4n) is 0.473. The average molecular weight is 170 g/mol. The highest BCUT2D eigenvalue weighted by Crippen LogP contribution is 1.98. The zero-order chi connectivity index (χ0) is 9.40. The Bertz CT molecular complexity index is 173. The topological polar surface area (TPSA) is 35.5 Å². The van der Waals surface area contributed by atoms with E-state index >= 15 is 0 Å². The molecule has 3 heteroatoms. The SMILES string of the molecule is C=CCOCOC(=O)C(=C)CC. The van der Waals surface area contributed by atoms with Crippen molar-refractivity contribution in [3.63, 3.8) is 0 Å². The average Bonchev–Trinajstić information content (AvgIpc) is 2.10. The minimum atomic E-state index is -0.401. The molecule has 0 spiro atoms. The second-order valence-electron chi connectivity index (χ2n) is 2.17. The fraction of sp³-hybridized carbons (Fsp3) is 0.444. The van der Waals surface area contributed by atoms with Crippen LogP contribution in [0.25, 0.3) is 0 Å². The molecular weight excluding hydrogens is 156 g/mol. The van der Waals surface area contributed by atoms with Crippen LogP contribution >= 0.6 is 0 Å². The Kier molecular flexibility index (Phi) is 6.01. The number of ether oxygens (including phenoxy) is 2. The van der Waals surface area contributed by atoms with Gasteiger partial charge in [-0.15, -0.1) is 6.58 Å². The molecule has 0 saturated heterocycles. The monoisotopic (exact) mass is 170 g/mol. The van der Waals surface area contributed by atoms with Gasteiger partial charge in [-0.2, -0.15) is 0 Å². The maximum absolute atomic E-state index is 10.9. The van der Waals surface area contributed by atoms with Gasteiger partial charge in [-0.3, -0.25) is 0 Å². The summed E-state index contributed by atoms with van der Waals surface area (Å²) in [6.45, 7) is 9.15. The maximum Gasteiger partial charge on any atom is 0.335 e. The smallest absolute Gasteiger partial charge is 0.335 e. The molecule has 0 aliphatic carbocycles. The molecule has 3 nitrogen and oxygen atoms in total. The van der Waals surface area contributed by atoms with Crippen LogP contribution in [0.4, 0.5) is 0 Å². The van der Waals surface area contributed by atoms with E-state index in [-0.39, 0.29) is 6.79 Å². The first-order valence-electron chi connectivity index (χ1n) is 3.75. The summed E-state index contributed by atoms with van der Waals surface area (Å²) in [5.74, 6) is -0.401. The van der Waals surface area contributed by atoms with Crippen molar-refractivity contribution in [2.45, 2.75) is 13.3 Å². The van der Waals surface area contributed by atoms with Crippen LogP contribution in [0.3, 0.4) is 0 Å². The molecule has 0 aromatic heterocycles. The van der Waals surface area contributed by atoms with Gasteiger partial charge in [0.1, 0.15) is 0 Å². The quantitative estimate of drug-likeness (QED) is 0.200. The largest absolute Gasteiger partial charge is 0.435 e. The lowest BCUT2D eigenvalue weighted by atomic mass is 10.2. The van der Waals surface area contributed by atoms with Gasteiger partial charge in [0.05, 0.1) is 6.61 Å². The summed E-state index contributed by atoms with van der Waals surface area (Å²) >= 11 is 0. The third kappa shape index (κ3) is 4.68. The first kappa shape index (κ1) is 10.9. The Hall–Kier alpha value is -1.09. The number of hydrogen-bond donors (Lipinski definition) is 0. The van der Waals surface area contributed by atoms with Gasteiger partial charge in [-0.25, -0.2) is 4.79 Å². The van der Waals surface area contributed by atoms with Crippen LogP contribution in [0.1, 0.15) is 13.3 Å². The van der Waals surface area contributed by atoms with E-state index in [1.54, 1.807) is 6.08 Å². The summed E-state index contributed by atoms with van der Waals surface area (Å²) in [6, 6.07) is 0. The lowest BCUT2D eigenvalue weighted by Crippen LogP contribution is -2.09. The normalized spacial score (nSPS) is 9.08. The molecule has 0 N–H and O–H groups in total. The molecule has 0 radical (unpaired) electrons. The lowest BCUT2D eigenvalue weighted by molar-refractivity contribution is -0.150. The highest BCUT2D eigenvalue weighted by atomic mass is 16.7. The van der Waals surface area contributed by atoms with Crippen molar-refractivity contribution >= 4 is 5.97 Å². The molecule has 0 unspecified atom stereocenters. The minimum Gasteiger partial charge on any atom is -0.435 e. The molecule has 0 heterocycles. The van der Waals surface area contributed by atoms with E-state index in [0.29, 0.717) is 18.6 Å². The summed E-state index contributed by atoms with van der Waals surface area (Å²) in [7, 11) is 0. The summed E-state index contributed by atoms with van der Waals surface area (Å²) in [6.07, 6.45) is 2.18. The van der Waals surface area contributed by atoms with E-state index < -0.39 is 5.97 Å². The zero-order valence-corrected chi connectivity index (χ0v) is 7.34. The van der Waals surface area contributed by atoms with Gasteiger partial charge in [0.25, 0.3) is 0 Å². The van der Waals surface area contributed by atoms with Gasteiger partial charge < -0.3 is 9.47 Å². The Morgan fingerprint density at radius 1 is 1.58 bits per heavy atom. The van der Waals surface area contributed by atoms with Crippen molar-refractivity contribution in [2.24, 2.45) is 0 Å². The van der Waals surface area contributed by atoms with Crippen molar-refractivity contribution in [1.29, 1.82) is 0 Å². The first-order chi connectivity index (χ1) is 5.72. The molecule has 0 saturated carbocycles. The van der Waals surface area contributed by atoms with Gasteiger partial charge in [0.15, 0.2) is 6.79 Å². The Balaban J connectivity index is 3.44. The number of carbonyl (C=O) groups excluding carboxylic acids is 1. The standard InChI is InChI=1S/C9H14O3/c1-4-6-11-7-12-9(10)8(3)5-2/h4H,1,3,5-7H2,2H3. The second kappa shape index (κ2) is 6.61. The number of hydrogen-bond acceptors (Lipinski definition) is 3. The van der Waals surface area contributed by atoms with Crippen molar-refractivity contribution < 1.29 is 14.3 Å². The number of esters is 1. The number of carbonyl (C=O) groups is 1. The van der Waals surface area contributed by atoms with E-state index in [0.717, 1.165) is 0 Å². The van der Waals surface area contributed by atoms with Gasteiger partial charge in [-0.05, 0) is 6.42 Å². The summed E-state index contributed by atoms with van der Waals surface area (Å²) < 4.78 is 9.53. The van der Waals surface area contributed by atoms with Crippen LogP contribution in [0.2, 0.25) is 0 Å². The Morgan fingerprint density at radius 2 is 2.25 bits per heavy atom. The van der Waals surface area contributed by atoms with Crippen molar-refractivity contribution in [2.75, 3.05) is 13.4 Å². The fourth-order valence-corrected chi connectivity index (χ4v) is 0.473. The molecule has 0 aliphatic heterocycles. The summed E-state index contributed by atoms with van der Waals surface area (Å²) in [5, 5.41) is 0. The van der Waals surface area contributed by atoms with Crippen molar-refractivity contribution in [1.82, 2.24) is 0 Å². The van der Waals surface area contributed by atoms with Gasteiger partial charge in [0.2, 0.25) is 0 Å². The lowest BCUT2D eigenvalue weighted by Gasteiger charge is -2.04. The number of rotatable bonds is 6. The second-order valence-corrected chi connectivity index (χ2v) is 2.17. The third-order valence-electron chi connectivity index (χ3n) is 1.22. The predicted molar refractivity (Wildman–Crippen MR) is 46.5 cm³/mol. The highest BCUT2D eigenvalue weighted by molar-refractivity contribution is 5.87. The van der Waals surface area contributed by atoms with Crippen LogP contribution in [0.15, 0.2) is 24.8 Å². The molecule has 68 valence electrons. The van der Waals surface area contributed by atoms with E-state index in [4.69, 9.17) is 4.74 Å². The van der Waals surface area contributed by atoms with Crippen molar-refractivity contribution in [3.8, 4) is 0 Å². The third-order valence-corrected chi connectivity index (χ3v) is 1.22. The molecule has 0 atom stereocenters. The molecule has 0 bridgehead atoms. The Morgan fingerprint density at radius 3 is 2.75 bits per heavy atom. The van der Waals surface area contributed by atoms with Gasteiger partial charge >= 0.3 is 5.97 Å². The van der Waals surface area contributed by atoms with E-state index in [2.05, 4.69) is 17.9 Å².